The Bertz CT molecular complexity index is 458. The summed E-state index contributed by atoms with van der Waals surface area (Å²) in [6, 6.07) is 0. The standard InChI is InChI=1S/C22H38O6/c1-2-3-4-11-14-19(28-22(27)18-17-21(25)26)15-12-9-7-5-6-8-10-13-16-20(23)24/h9,12,19H,2-8,10-11,13-18H2,1H3,(H,23,24)(H,25,26). The van der Waals surface area contributed by atoms with E-state index in [0.29, 0.717) is 6.42 Å². The molecule has 6 nitrogen and oxygen atoms in total. The molecule has 6 heteroatoms. The van der Waals surface area contributed by atoms with Crippen LogP contribution in [0, 0.1) is 0 Å². The van der Waals surface area contributed by atoms with Crippen LogP contribution < -0.4 is 0 Å². The number of aliphatic carboxylic acids is 2. The van der Waals surface area contributed by atoms with Gasteiger partial charge in [-0.3, -0.25) is 14.4 Å². The summed E-state index contributed by atoms with van der Waals surface area (Å²) in [5, 5.41) is 17.2. The first-order chi connectivity index (χ1) is 13.5. The zero-order valence-electron chi connectivity index (χ0n) is 17.4. The molecule has 0 saturated heterocycles. The van der Waals surface area contributed by atoms with Crippen molar-refractivity contribution in [2.75, 3.05) is 0 Å². The van der Waals surface area contributed by atoms with E-state index in [4.69, 9.17) is 14.9 Å². The molecule has 0 aliphatic heterocycles. The van der Waals surface area contributed by atoms with Gasteiger partial charge in [-0.1, -0.05) is 57.6 Å². The number of carboxylic acid groups (broad SMARTS) is 2. The molecule has 0 amide bonds. The molecule has 0 aliphatic carbocycles. The predicted molar refractivity (Wildman–Crippen MR) is 109 cm³/mol. The van der Waals surface area contributed by atoms with E-state index in [-0.39, 0.29) is 25.4 Å². The number of hydrogen-bond acceptors (Lipinski definition) is 4. The number of ether oxygens (including phenoxy) is 1. The zero-order chi connectivity index (χ0) is 21.0. The number of carbonyl (C=O) groups excluding carboxylic acids is 1. The van der Waals surface area contributed by atoms with Gasteiger partial charge in [0.15, 0.2) is 0 Å². The van der Waals surface area contributed by atoms with E-state index in [0.717, 1.165) is 64.2 Å². The Hall–Kier alpha value is -1.85. The van der Waals surface area contributed by atoms with E-state index in [1.54, 1.807) is 0 Å². The highest BCUT2D eigenvalue weighted by Crippen LogP contribution is 2.14. The van der Waals surface area contributed by atoms with Crippen molar-refractivity contribution in [3.8, 4) is 0 Å². The van der Waals surface area contributed by atoms with Gasteiger partial charge in [0.05, 0.1) is 12.8 Å². The molecule has 28 heavy (non-hydrogen) atoms. The van der Waals surface area contributed by atoms with Crippen molar-refractivity contribution in [2.24, 2.45) is 0 Å². The summed E-state index contributed by atoms with van der Waals surface area (Å²) in [6.45, 7) is 2.15. The van der Waals surface area contributed by atoms with Crippen molar-refractivity contribution in [3.63, 3.8) is 0 Å². The maximum absolute atomic E-state index is 11.8. The Balaban J connectivity index is 4.02. The average Bonchev–Trinajstić information content (AvgIpc) is 2.64. The molecule has 0 fully saturated rings. The fourth-order valence-corrected chi connectivity index (χ4v) is 2.91. The van der Waals surface area contributed by atoms with Crippen LogP contribution in [0.5, 0.6) is 0 Å². The molecule has 0 aromatic carbocycles. The molecule has 162 valence electrons. The lowest BCUT2D eigenvalue weighted by Gasteiger charge is -2.16. The molecule has 0 radical (unpaired) electrons. The minimum absolute atomic E-state index is 0.0770. The molecule has 2 N–H and O–H groups in total. The van der Waals surface area contributed by atoms with Gasteiger partial charge in [-0.05, 0) is 32.1 Å². The Morgan fingerprint density at radius 2 is 1.43 bits per heavy atom. The molecule has 0 spiro atoms. The topological polar surface area (TPSA) is 101 Å². The molecule has 1 unspecified atom stereocenters. The lowest BCUT2D eigenvalue weighted by atomic mass is 10.1. The van der Waals surface area contributed by atoms with E-state index in [1.165, 1.54) is 6.42 Å². The second kappa shape index (κ2) is 18.5. The first kappa shape index (κ1) is 26.1. The van der Waals surface area contributed by atoms with Crippen molar-refractivity contribution < 1.29 is 29.3 Å². The summed E-state index contributed by atoms with van der Waals surface area (Å²) in [7, 11) is 0. The van der Waals surface area contributed by atoms with E-state index in [1.807, 2.05) is 0 Å². The summed E-state index contributed by atoms with van der Waals surface area (Å²) >= 11 is 0. The van der Waals surface area contributed by atoms with Crippen LogP contribution in [0.1, 0.15) is 103 Å². The number of rotatable bonds is 19. The van der Waals surface area contributed by atoms with Gasteiger partial charge < -0.3 is 14.9 Å². The van der Waals surface area contributed by atoms with Gasteiger partial charge in [0.25, 0.3) is 0 Å². The van der Waals surface area contributed by atoms with Crippen molar-refractivity contribution in [1.82, 2.24) is 0 Å². The van der Waals surface area contributed by atoms with Crippen LogP contribution in [-0.4, -0.2) is 34.2 Å². The van der Waals surface area contributed by atoms with Crippen LogP contribution in [0.2, 0.25) is 0 Å². The third kappa shape index (κ3) is 18.9. The number of allylic oxidation sites excluding steroid dienone is 1. The normalized spacial score (nSPS) is 12.2. The maximum Gasteiger partial charge on any atom is 0.306 e. The van der Waals surface area contributed by atoms with Crippen LogP contribution in [0.3, 0.4) is 0 Å². The molecule has 0 aromatic heterocycles. The van der Waals surface area contributed by atoms with Gasteiger partial charge in [-0.15, -0.1) is 0 Å². The quantitative estimate of drug-likeness (QED) is 0.169. The number of carboxylic acids is 2. The minimum atomic E-state index is -0.987. The Morgan fingerprint density at radius 1 is 0.786 bits per heavy atom. The molecule has 1 atom stereocenters. The van der Waals surface area contributed by atoms with Crippen LogP contribution in [0.4, 0.5) is 0 Å². The largest absolute Gasteiger partial charge is 0.481 e. The lowest BCUT2D eigenvalue weighted by molar-refractivity contribution is -0.152. The van der Waals surface area contributed by atoms with Gasteiger partial charge in [0.2, 0.25) is 0 Å². The fourth-order valence-electron chi connectivity index (χ4n) is 2.91. The summed E-state index contributed by atoms with van der Waals surface area (Å²) in [5.41, 5.74) is 0. The average molecular weight is 399 g/mol. The predicted octanol–water partition coefficient (Wildman–Crippen LogP) is 5.50. The van der Waals surface area contributed by atoms with Crippen molar-refractivity contribution in [3.05, 3.63) is 12.2 Å². The fraction of sp³-hybridized carbons (Fsp3) is 0.773. The third-order valence-electron chi connectivity index (χ3n) is 4.55. The third-order valence-corrected chi connectivity index (χ3v) is 4.55. The molecular formula is C22H38O6. The van der Waals surface area contributed by atoms with Gasteiger partial charge in [0, 0.05) is 12.8 Å². The van der Waals surface area contributed by atoms with Crippen molar-refractivity contribution in [1.29, 1.82) is 0 Å². The van der Waals surface area contributed by atoms with Gasteiger partial charge >= 0.3 is 17.9 Å². The SMILES string of the molecule is CCCCCCC(CC=CCCCCCCCC(=O)O)OC(=O)CCC(=O)O. The molecule has 0 rings (SSSR count). The Kier molecular flexibility index (Phi) is 17.3. The number of esters is 1. The van der Waals surface area contributed by atoms with Crippen molar-refractivity contribution in [2.45, 2.75) is 109 Å². The number of carbonyl (C=O) groups is 3. The summed E-state index contributed by atoms with van der Waals surface area (Å²) in [5.74, 6) is -2.15. The maximum atomic E-state index is 11.8. The number of hydrogen-bond donors (Lipinski definition) is 2. The first-order valence-corrected chi connectivity index (χ1v) is 10.7. The summed E-state index contributed by atoms with van der Waals surface area (Å²) in [4.78, 5) is 32.8. The van der Waals surface area contributed by atoms with Crippen LogP contribution in [0.15, 0.2) is 12.2 Å². The number of unbranched alkanes of at least 4 members (excludes halogenated alkanes) is 8. The second-order valence-electron chi connectivity index (χ2n) is 7.26. The summed E-state index contributed by atoms with van der Waals surface area (Å²) < 4.78 is 5.47. The highest BCUT2D eigenvalue weighted by Gasteiger charge is 2.14. The molecule has 0 saturated carbocycles. The molecule has 0 heterocycles. The smallest absolute Gasteiger partial charge is 0.306 e. The minimum Gasteiger partial charge on any atom is -0.481 e. The van der Waals surface area contributed by atoms with Gasteiger partial charge in [0.1, 0.15) is 6.10 Å². The van der Waals surface area contributed by atoms with E-state index >= 15 is 0 Å². The molecule has 0 aromatic rings. The molecular weight excluding hydrogens is 360 g/mol. The van der Waals surface area contributed by atoms with Crippen molar-refractivity contribution >= 4 is 17.9 Å². The van der Waals surface area contributed by atoms with Gasteiger partial charge in [-0.2, -0.15) is 0 Å². The Morgan fingerprint density at radius 3 is 2.11 bits per heavy atom. The molecule has 0 aliphatic rings. The monoisotopic (exact) mass is 398 g/mol. The van der Waals surface area contributed by atoms with Gasteiger partial charge in [-0.25, -0.2) is 0 Å². The van der Waals surface area contributed by atoms with Crippen LogP contribution in [0.25, 0.3) is 0 Å². The Labute approximate surface area is 169 Å². The van der Waals surface area contributed by atoms with E-state index in [9.17, 15) is 14.4 Å². The first-order valence-electron chi connectivity index (χ1n) is 10.7. The highest BCUT2D eigenvalue weighted by molar-refractivity contribution is 5.76. The van der Waals surface area contributed by atoms with Crippen LogP contribution >= 0.6 is 0 Å². The highest BCUT2D eigenvalue weighted by atomic mass is 16.5. The lowest BCUT2D eigenvalue weighted by Crippen LogP contribution is -2.18. The van der Waals surface area contributed by atoms with E-state index < -0.39 is 17.9 Å². The zero-order valence-corrected chi connectivity index (χ0v) is 17.4. The van der Waals surface area contributed by atoms with Crippen LogP contribution in [-0.2, 0) is 19.1 Å². The second-order valence-corrected chi connectivity index (χ2v) is 7.26. The summed E-state index contributed by atoms with van der Waals surface area (Å²) in [6.07, 6.45) is 15.8. The molecule has 0 bridgehead atoms. The van der Waals surface area contributed by atoms with E-state index in [2.05, 4.69) is 19.1 Å².